The van der Waals surface area contributed by atoms with Gasteiger partial charge in [0.25, 0.3) is 0 Å². The van der Waals surface area contributed by atoms with Gasteiger partial charge in [0.2, 0.25) is 5.91 Å². The molecule has 0 aliphatic heterocycles. The maximum atomic E-state index is 12.6. The minimum Gasteiger partial charge on any atom is -0.496 e. The van der Waals surface area contributed by atoms with Crippen LogP contribution < -0.4 is 10.1 Å². The standard InChI is InChI=1S/C20H18N2O3/c1-13(19-11-14-7-3-5-9-17(14)25-19)20(23)22-16(12-21)15-8-4-6-10-18(15)24-2/h3-11,13,16H,1-2H3,(H,22,23)/t13-,16+/m0/s1. The molecule has 126 valence electrons. The second kappa shape index (κ2) is 7.10. The van der Waals surface area contributed by atoms with Gasteiger partial charge in [-0.25, -0.2) is 0 Å². The fourth-order valence-electron chi connectivity index (χ4n) is 2.70. The summed E-state index contributed by atoms with van der Waals surface area (Å²) in [4.78, 5) is 12.6. The maximum absolute atomic E-state index is 12.6. The summed E-state index contributed by atoms with van der Waals surface area (Å²) in [6.07, 6.45) is 0. The van der Waals surface area contributed by atoms with E-state index in [9.17, 15) is 10.1 Å². The number of hydrogen-bond donors (Lipinski definition) is 1. The number of nitrogens with one attached hydrogen (secondary N) is 1. The van der Waals surface area contributed by atoms with E-state index >= 15 is 0 Å². The quantitative estimate of drug-likeness (QED) is 0.767. The average Bonchev–Trinajstić information content (AvgIpc) is 3.09. The van der Waals surface area contributed by atoms with Gasteiger partial charge in [0.05, 0.1) is 19.1 Å². The molecule has 0 saturated heterocycles. The van der Waals surface area contributed by atoms with Crippen LogP contribution in [0.1, 0.15) is 30.2 Å². The molecule has 0 bridgehead atoms. The Morgan fingerprint density at radius 3 is 2.64 bits per heavy atom. The van der Waals surface area contributed by atoms with E-state index in [1.54, 1.807) is 25.1 Å². The molecule has 25 heavy (non-hydrogen) atoms. The van der Waals surface area contributed by atoms with Crippen LogP contribution in [0.3, 0.4) is 0 Å². The number of benzene rings is 2. The fourth-order valence-corrected chi connectivity index (χ4v) is 2.70. The minimum absolute atomic E-state index is 0.281. The molecule has 5 nitrogen and oxygen atoms in total. The Hall–Kier alpha value is -3.26. The maximum Gasteiger partial charge on any atom is 0.231 e. The summed E-state index contributed by atoms with van der Waals surface area (Å²) in [7, 11) is 1.53. The molecule has 0 fully saturated rings. The molecule has 2 atom stereocenters. The number of carbonyl (C=O) groups excluding carboxylic acids is 1. The van der Waals surface area contributed by atoms with E-state index in [1.165, 1.54) is 7.11 Å². The number of nitriles is 1. The number of ether oxygens (including phenoxy) is 1. The monoisotopic (exact) mass is 334 g/mol. The lowest BCUT2D eigenvalue weighted by molar-refractivity contribution is -0.122. The van der Waals surface area contributed by atoms with Gasteiger partial charge in [-0.3, -0.25) is 4.79 Å². The number of fused-ring (bicyclic) bond motifs is 1. The Labute approximate surface area is 145 Å². The Kier molecular flexibility index (Phi) is 4.71. The predicted molar refractivity (Wildman–Crippen MR) is 94.1 cm³/mol. The first-order valence-corrected chi connectivity index (χ1v) is 7.95. The third-order valence-electron chi connectivity index (χ3n) is 4.13. The third kappa shape index (κ3) is 3.33. The zero-order valence-electron chi connectivity index (χ0n) is 14.0. The lowest BCUT2D eigenvalue weighted by atomic mass is 10.0. The van der Waals surface area contributed by atoms with Crippen LogP contribution in [-0.2, 0) is 4.79 Å². The van der Waals surface area contributed by atoms with E-state index in [0.717, 1.165) is 11.0 Å². The Balaban J connectivity index is 1.81. The molecule has 0 unspecified atom stereocenters. The van der Waals surface area contributed by atoms with E-state index in [-0.39, 0.29) is 5.91 Å². The van der Waals surface area contributed by atoms with Crippen molar-refractivity contribution < 1.29 is 13.9 Å². The molecule has 3 aromatic rings. The second-order valence-corrected chi connectivity index (χ2v) is 5.72. The van der Waals surface area contributed by atoms with Crippen molar-refractivity contribution >= 4 is 16.9 Å². The van der Waals surface area contributed by atoms with Gasteiger partial charge in [0.15, 0.2) is 0 Å². The Morgan fingerprint density at radius 1 is 1.20 bits per heavy atom. The van der Waals surface area contributed by atoms with Crippen LogP contribution in [0.15, 0.2) is 59.0 Å². The molecule has 0 aliphatic rings. The van der Waals surface area contributed by atoms with E-state index in [4.69, 9.17) is 9.15 Å². The average molecular weight is 334 g/mol. The van der Waals surface area contributed by atoms with Crippen molar-refractivity contribution in [3.63, 3.8) is 0 Å². The van der Waals surface area contributed by atoms with Crippen LogP contribution in [0.5, 0.6) is 5.75 Å². The van der Waals surface area contributed by atoms with Gasteiger partial charge in [0.1, 0.15) is 23.1 Å². The lowest BCUT2D eigenvalue weighted by Crippen LogP contribution is -2.31. The summed E-state index contributed by atoms with van der Waals surface area (Å²) in [5.41, 5.74) is 1.36. The van der Waals surface area contributed by atoms with Gasteiger partial charge < -0.3 is 14.5 Å². The summed E-state index contributed by atoms with van der Waals surface area (Å²) in [6, 6.07) is 17.9. The zero-order chi connectivity index (χ0) is 17.8. The number of methoxy groups -OCH3 is 1. The van der Waals surface area contributed by atoms with E-state index in [0.29, 0.717) is 17.1 Å². The van der Waals surface area contributed by atoms with Gasteiger partial charge in [-0.05, 0) is 25.1 Å². The highest BCUT2D eigenvalue weighted by Crippen LogP contribution is 2.27. The number of amides is 1. The van der Waals surface area contributed by atoms with Crippen molar-refractivity contribution in [2.24, 2.45) is 0 Å². The molecule has 2 aromatic carbocycles. The van der Waals surface area contributed by atoms with E-state index in [2.05, 4.69) is 11.4 Å². The van der Waals surface area contributed by atoms with Crippen LogP contribution in [-0.4, -0.2) is 13.0 Å². The van der Waals surface area contributed by atoms with Crippen molar-refractivity contribution in [1.29, 1.82) is 5.26 Å². The normalized spacial score (nSPS) is 13.0. The molecule has 1 N–H and O–H groups in total. The molecule has 1 aromatic heterocycles. The SMILES string of the molecule is COc1ccccc1[C@@H](C#N)NC(=O)[C@@H](C)c1cc2ccccc2o1. The lowest BCUT2D eigenvalue weighted by Gasteiger charge is -2.17. The largest absolute Gasteiger partial charge is 0.496 e. The molecule has 1 amide bonds. The molecule has 0 aliphatic carbocycles. The van der Waals surface area contributed by atoms with Crippen molar-refractivity contribution in [3.8, 4) is 11.8 Å². The number of rotatable bonds is 5. The molecule has 5 heteroatoms. The first kappa shape index (κ1) is 16.6. The third-order valence-corrected chi connectivity index (χ3v) is 4.13. The van der Waals surface area contributed by atoms with Crippen molar-refractivity contribution in [1.82, 2.24) is 5.32 Å². The van der Waals surface area contributed by atoms with Crippen LogP contribution in [0, 0.1) is 11.3 Å². The van der Waals surface area contributed by atoms with Gasteiger partial charge in [-0.1, -0.05) is 36.4 Å². The number of nitrogens with zero attached hydrogens (tertiary/aromatic N) is 1. The van der Waals surface area contributed by atoms with Gasteiger partial charge in [-0.15, -0.1) is 0 Å². The van der Waals surface area contributed by atoms with E-state index in [1.807, 2.05) is 36.4 Å². The molecular formula is C20H18N2O3. The van der Waals surface area contributed by atoms with E-state index < -0.39 is 12.0 Å². The molecular weight excluding hydrogens is 316 g/mol. The smallest absolute Gasteiger partial charge is 0.231 e. The zero-order valence-corrected chi connectivity index (χ0v) is 14.0. The first-order valence-electron chi connectivity index (χ1n) is 7.95. The molecule has 0 spiro atoms. The van der Waals surface area contributed by atoms with Gasteiger partial charge >= 0.3 is 0 Å². The Morgan fingerprint density at radius 2 is 1.92 bits per heavy atom. The highest BCUT2D eigenvalue weighted by Gasteiger charge is 2.24. The summed E-state index contributed by atoms with van der Waals surface area (Å²) in [5.74, 6) is 0.329. The topological polar surface area (TPSA) is 75.3 Å². The highest BCUT2D eigenvalue weighted by molar-refractivity contribution is 5.86. The van der Waals surface area contributed by atoms with Gasteiger partial charge in [0, 0.05) is 10.9 Å². The van der Waals surface area contributed by atoms with Crippen molar-refractivity contribution in [3.05, 3.63) is 65.9 Å². The van der Waals surface area contributed by atoms with Crippen LogP contribution >= 0.6 is 0 Å². The number of furan rings is 1. The Bertz CT molecular complexity index is 906. The van der Waals surface area contributed by atoms with Crippen molar-refractivity contribution in [2.45, 2.75) is 18.9 Å². The van der Waals surface area contributed by atoms with Crippen LogP contribution in [0.25, 0.3) is 11.0 Å². The predicted octanol–water partition coefficient (Wildman–Crippen LogP) is 3.93. The van der Waals surface area contributed by atoms with Gasteiger partial charge in [-0.2, -0.15) is 5.26 Å². The summed E-state index contributed by atoms with van der Waals surface area (Å²) >= 11 is 0. The molecule has 0 radical (unpaired) electrons. The summed E-state index contributed by atoms with van der Waals surface area (Å²) in [5, 5.41) is 13.2. The van der Waals surface area contributed by atoms with Crippen LogP contribution in [0.4, 0.5) is 0 Å². The molecule has 1 heterocycles. The summed E-state index contributed by atoms with van der Waals surface area (Å²) < 4.78 is 11.0. The summed E-state index contributed by atoms with van der Waals surface area (Å²) in [6.45, 7) is 1.75. The number of hydrogen-bond acceptors (Lipinski definition) is 4. The fraction of sp³-hybridized carbons (Fsp3) is 0.200. The highest BCUT2D eigenvalue weighted by atomic mass is 16.5. The second-order valence-electron chi connectivity index (χ2n) is 5.72. The number of para-hydroxylation sites is 2. The number of carbonyl (C=O) groups is 1. The van der Waals surface area contributed by atoms with Crippen molar-refractivity contribution in [2.75, 3.05) is 7.11 Å². The molecule has 3 rings (SSSR count). The minimum atomic E-state index is -0.796. The first-order chi connectivity index (χ1) is 12.1. The van der Waals surface area contributed by atoms with Crippen LogP contribution in [0.2, 0.25) is 0 Å². The molecule has 0 saturated carbocycles.